The van der Waals surface area contributed by atoms with Crippen molar-refractivity contribution in [2.24, 2.45) is 0 Å². The van der Waals surface area contributed by atoms with E-state index in [4.69, 9.17) is 0 Å². The fourth-order valence-electron chi connectivity index (χ4n) is 4.14. The normalized spacial score (nSPS) is 17.9. The summed E-state index contributed by atoms with van der Waals surface area (Å²) in [4.78, 5) is 2.30. The van der Waals surface area contributed by atoms with E-state index in [1.165, 1.54) is 29.0 Å². The van der Waals surface area contributed by atoms with Crippen molar-refractivity contribution >= 4 is 0 Å². The van der Waals surface area contributed by atoms with Gasteiger partial charge in [-0.05, 0) is 48.2 Å². The molecule has 0 N–H and O–H groups in total. The largest absolute Gasteiger partial charge is 0.416 e. The zero-order valence-corrected chi connectivity index (χ0v) is 15.8. The minimum atomic E-state index is -4.32. The summed E-state index contributed by atoms with van der Waals surface area (Å²) in [6, 6.07) is 18.2. The molecule has 0 spiro atoms. The van der Waals surface area contributed by atoms with Crippen LogP contribution in [0.25, 0.3) is 0 Å². The molecular weight excluding hydrogens is 361 g/mol. The van der Waals surface area contributed by atoms with Crippen LogP contribution in [0.1, 0.15) is 40.4 Å². The molecule has 1 atom stereocenters. The molecule has 4 rings (SSSR count). The van der Waals surface area contributed by atoms with Crippen LogP contribution in [-0.4, -0.2) is 16.0 Å². The lowest BCUT2D eigenvalue weighted by molar-refractivity contribution is -0.137. The van der Waals surface area contributed by atoms with Crippen molar-refractivity contribution in [2.45, 2.75) is 38.7 Å². The molecule has 0 aliphatic carbocycles. The van der Waals surface area contributed by atoms with Gasteiger partial charge in [0.15, 0.2) is 0 Å². The third-order valence-electron chi connectivity index (χ3n) is 5.48. The smallest absolute Gasteiger partial charge is 0.350 e. The minimum Gasteiger partial charge on any atom is -0.350 e. The molecule has 0 saturated carbocycles. The van der Waals surface area contributed by atoms with Gasteiger partial charge in [0.05, 0.1) is 11.6 Å². The molecule has 0 radical (unpaired) electrons. The molecule has 1 aromatic heterocycles. The molecule has 2 heterocycles. The van der Waals surface area contributed by atoms with Crippen molar-refractivity contribution in [3.63, 3.8) is 0 Å². The summed E-state index contributed by atoms with van der Waals surface area (Å²) in [7, 11) is 0. The zero-order chi connectivity index (χ0) is 19.7. The average molecular weight is 384 g/mol. The molecule has 1 aliphatic heterocycles. The van der Waals surface area contributed by atoms with E-state index in [0.717, 1.165) is 25.6 Å². The van der Waals surface area contributed by atoms with Gasteiger partial charge in [-0.25, -0.2) is 0 Å². The first kappa shape index (κ1) is 18.8. The van der Waals surface area contributed by atoms with Gasteiger partial charge in [-0.3, -0.25) is 4.90 Å². The van der Waals surface area contributed by atoms with Gasteiger partial charge in [-0.15, -0.1) is 0 Å². The molecule has 3 aromatic rings. The van der Waals surface area contributed by atoms with E-state index >= 15 is 0 Å². The maximum atomic E-state index is 13.1. The van der Waals surface area contributed by atoms with Crippen molar-refractivity contribution in [1.29, 1.82) is 0 Å². The van der Waals surface area contributed by atoms with Crippen LogP contribution in [0.15, 0.2) is 66.9 Å². The maximum absolute atomic E-state index is 13.1. The first-order chi connectivity index (χ1) is 13.4. The van der Waals surface area contributed by atoms with Crippen molar-refractivity contribution in [3.05, 3.63) is 94.8 Å². The highest BCUT2D eigenvalue weighted by Crippen LogP contribution is 2.35. The van der Waals surface area contributed by atoms with Gasteiger partial charge in [0.2, 0.25) is 0 Å². The molecule has 0 saturated heterocycles. The van der Waals surface area contributed by atoms with Crippen LogP contribution < -0.4 is 0 Å². The molecule has 1 unspecified atom stereocenters. The topological polar surface area (TPSA) is 8.17 Å². The summed E-state index contributed by atoms with van der Waals surface area (Å²) < 4.78 is 41.7. The lowest BCUT2D eigenvalue weighted by Crippen LogP contribution is -2.30. The molecule has 5 heteroatoms. The number of hydrogen-bond donors (Lipinski definition) is 0. The van der Waals surface area contributed by atoms with Gasteiger partial charge in [0.25, 0.3) is 0 Å². The number of benzene rings is 2. The van der Waals surface area contributed by atoms with Gasteiger partial charge in [-0.1, -0.05) is 42.5 Å². The standard InChI is InChI=1S/C23H23F3N2/c1-17-7-2-3-10-20(17)22-21-11-5-12-27(21)13-6-14-28(22)16-18-8-4-9-19(15-18)23(24,25)26/h2-5,7-12,15,22H,6,13-14,16H2,1H3. The Morgan fingerprint density at radius 1 is 0.964 bits per heavy atom. The molecule has 0 fully saturated rings. The number of fused-ring (bicyclic) bond motifs is 1. The van der Waals surface area contributed by atoms with Gasteiger partial charge in [0.1, 0.15) is 0 Å². The van der Waals surface area contributed by atoms with Crippen LogP contribution >= 0.6 is 0 Å². The number of halogens is 3. The zero-order valence-electron chi connectivity index (χ0n) is 15.8. The predicted octanol–water partition coefficient (Wildman–Crippen LogP) is 5.81. The first-order valence-electron chi connectivity index (χ1n) is 9.54. The van der Waals surface area contributed by atoms with E-state index in [9.17, 15) is 13.2 Å². The quantitative estimate of drug-likeness (QED) is 0.553. The van der Waals surface area contributed by atoms with Crippen LogP contribution in [0.3, 0.4) is 0 Å². The van der Waals surface area contributed by atoms with E-state index in [0.29, 0.717) is 12.1 Å². The minimum absolute atomic E-state index is 0.0215. The summed E-state index contributed by atoms with van der Waals surface area (Å²) in [5.41, 5.74) is 3.69. The lowest BCUT2D eigenvalue weighted by atomic mass is 9.96. The SMILES string of the molecule is Cc1ccccc1C1c2cccn2CCCN1Cc1cccc(C(F)(F)F)c1. The molecule has 28 heavy (non-hydrogen) atoms. The third-order valence-corrected chi connectivity index (χ3v) is 5.48. The number of aryl methyl sites for hydroxylation is 2. The summed E-state index contributed by atoms with van der Waals surface area (Å²) in [6.07, 6.45) is -1.27. The molecule has 146 valence electrons. The van der Waals surface area contributed by atoms with Gasteiger partial charge >= 0.3 is 6.18 Å². The summed E-state index contributed by atoms with van der Waals surface area (Å²) >= 11 is 0. The molecule has 2 nitrogen and oxygen atoms in total. The molecule has 0 bridgehead atoms. The van der Waals surface area contributed by atoms with E-state index in [2.05, 4.69) is 40.8 Å². The molecular formula is C23H23F3N2. The number of alkyl halides is 3. The number of nitrogens with zero attached hydrogens (tertiary/aromatic N) is 2. The highest BCUT2D eigenvalue weighted by atomic mass is 19.4. The maximum Gasteiger partial charge on any atom is 0.416 e. The van der Waals surface area contributed by atoms with E-state index in [1.54, 1.807) is 6.07 Å². The summed E-state index contributed by atoms with van der Waals surface area (Å²) in [5.74, 6) is 0. The van der Waals surface area contributed by atoms with Gasteiger partial charge in [-0.2, -0.15) is 13.2 Å². The van der Waals surface area contributed by atoms with Crippen LogP contribution in [0.4, 0.5) is 13.2 Å². The van der Waals surface area contributed by atoms with Gasteiger partial charge < -0.3 is 4.57 Å². The van der Waals surface area contributed by atoms with E-state index < -0.39 is 11.7 Å². The number of aromatic nitrogens is 1. The highest BCUT2D eigenvalue weighted by Gasteiger charge is 2.32. The fraction of sp³-hybridized carbons (Fsp3) is 0.304. The van der Waals surface area contributed by atoms with Crippen LogP contribution in [0.5, 0.6) is 0 Å². The number of hydrogen-bond acceptors (Lipinski definition) is 1. The van der Waals surface area contributed by atoms with Crippen LogP contribution in [0.2, 0.25) is 0 Å². The Hall–Kier alpha value is -2.53. The lowest BCUT2D eigenvalue weighted by Gasteiger charge is -2.31. The van der Waals surface area contributed by atoms with Crippen LogP contribution in [0, 0.1) is 6.92 Å². The van der Waals surface area contributed by atoms with E-state index in [-0.39, 0.29) is 6.04 Å². The van der Waals surface area contributed by atoms with E-state index in [1.807, 2.05) is 18.2 Å². The van der Waals surface area contributed by atoms with Crippen molar-refractivity contribution in [2.75, 3.05) is 6.54 Å². The fourth-order valence-corrected chi connectivity index (χ4v) is 4.14. The summed E-state index contributed by atoms with van der Waals surface area (Å²) in [5, 5.41) is 0. The third kappa shape index (κ3) is 3.72. The second kappa shape index (κ2) is 7.47. The monoisotopic (exact) mass is 384 g/mol. The first-order valence-corrected chi connectivity index (χ1v) is 9.54. The molecule has 1 aliphatic rings. The Bertz CT molecular complexity index is 958. The van der Waals surface area contributed by atoms with Gasteiger partial charge in [0, 0.05) is 31.5 Å². The highest BCUT2D eigenvalue weighted by molar-refractivity contribution is 5.36. The Morgan fingerprint density at radius 2 is 1.79 bits per heavy atom. The Morgan fingerprint density at radius 3 is 2.57 bits per heavy atom. The predicted molar refractivity (Wildman–Crippen MR) is 104 cm³/mol. The second-order valence-electron chi connectivity index (χ2n) is 7.41. The average Bonchev–Trinajstić information content (AvgIpc) is 3.04. The van der Waals surface area contributed by atoms with Crippen molar-refractivity contribution in [1.82, 2.24) is 9.47 Å². The summed E-state index contributed by atoms with van der Waals surface area (Å²) in [6.45, 7) is 4.32. The second-order valence-corrected chi connectivity index (χ2v) is 7.41. The Labute approximate surface area is 163 Å². The molecule has 0 amide bonds. The van der Waals surface area contributed by atoms with Crippen LogP contribution in [-0.2, 0) is 19.3 Å². The van der Waals surface area contributed by atoms with Crippen molar-refractivity contribution in [3.8, 4) is 0 Å². The Balaban J connectivity index is 1.74. The Kier molecular flexibility index (Phi) is 5.02. The van der Waals surface area contributed by atoms with Crippen molar-refractivity contribution < 1.29 is 13.2 Å². The molecule has 2 aromatic carbocycles. The number of rotatable bonds is 3.